The lowest BCUT2D eigenvalue weighted by atomic mass is 10.3. The summed E-state index contributed by atoms with van der Waals surface area (Å²) in [6, 6.07) is 0. The monoisotopic (exact) mass is 264 g/mol. The van der Waals surface area contributed by atoms with Gasteiger partial charge in [0.15, 0.2) is 0 Å². The summed E-state index contributed by atoms with van der Waals surface area (Å²) in [5.41, 5.74) is 1.14. The minimum absolute atomic E-state index is 0.176. The average Bonchev–Trinajstić information content (AvgIpc) is 2.09. The Bertz CT molecular complexity index is 274. The van der Waals surface area contributed by atoms with Crippen LogP contribution in [0.1, 0.15) is 27.7 Å². The highest BCUT2D eigenvalue weighted by Gasteiger charge is 2.17. The van der Waals surface area contributed by atoms with Crippen LogP contribution in [0.5, 0.6) is 0 Å². The van der Waals surface area contributed by atoms with Gasteiger partial charge in [0.2, 0.25) is 0 Å². The summed E-state index contributed by atoms with van der Waals surface area (Å²) in [5.74, 6) is 0.897. The van der Waals surface area contributed by atoms with Gasteiger partial charge in [-0.3, -0.25) is 4.21 Å². The topological polar surface area (TPSA) is 17.1 Å². The molecule has 0 heterocycles. The molecule has 0 saturated heterocycles. The van der Waals surface area contributed by atoms with Crippen LogP contribution in [0.3, 0.4) is 0 Å². The Labute approximate surface area is 105 Å². The van der Waals surface area contributed by atoms with Gasteiger partial charge in [0.1, 0.15) is 0 Å². The van der Waals surface area contributed by atoms with E-state index in [0.29, 0.717) is 0 Å². The molecule has 0 aliphatic heterocycles. The molecule has 88 valence electrons. The van der Waals surface area contributed by atoms with Crippen LogP contribution in [0.25, 0.3) is 0 Å². The van der Waals surface area contributed by atoms with Gasteiger partial charge in [-0.05, 0) is 34.0 Å². The molecule has 0 amide bonds. The van der Waals surface area contributed by atoms with E-state index in [-0.39, 0.29) is 4.75 Å². The zero-order chi connectivity index (χ0) is 12.1. The van der Waals surface area contributed by atoms with E-state index in [1.54, 1.807) is 23.5 Å². The van der Waals surface area contributed by atoms with Gasteiger partial charge < -0.3 is 0 Å². The summed E-state index contributed by atoms with van der Waals surface area (Å²) in [6.45, 7) is 11.8. The van der Waals surface area contributed by atoms with Gasteiger partial charge in [-0.1, -0.05) is 12.2 Å². The largest absolute Gasteiger partial charge is 0.254 e. The predicted octanol–water partition coefficient (Wildman–Crippen LogP) is 4.00. The quantitative estimate of drug-likeness (QED) is 0.699. The van der Waals surface area contributed by atoms with E-state index >= 15 is 0 Å². The van der Waals surface area contributed by atoms with Crippen molar-refractivity contribution in [1.82, 2.24) is 0 Å². The van der Waals surface area contributed by atoms with Crippen molar-refractivity contribution >= 4 is 34.3 Å². The van der Waals surface area contributed by atoms with Crippen LogP contribution in [-0.2, 0) is 10.8 Å². The molecule has 0 bridgehead atoms. The maximum absolute atomic E-state index is 11.9. The second-order valence-corrected chi connectivity index (χ2v) is 8.48. The maximum atomic E-state index is 11.9. The number of hydrogen-bond acceptors (Lipinski definition) is 3. The molecule has 0 aromatic rings. The highest BCUT2D eigenvalue weighted by Crippen LogP contribution is 2.29. The van der Waals surface area contributed by atoms with Crippen LogP contribution in [0.2, 0.25) is 0 Å². The smallest absolute Gasteiger partial charge is 0.0526 e. The van der Waals surface area contributed by atoms with Crippen LogP contribution < -0.4 is 0 Å². The molecule has 0 spiro atoms. The molecule has 0 fully saturated rings. The molecular formula is C11H20OS3. The zero-order valence-electron chi connectivity index (χ0n) is 10.1. The molecule has 0 aromatic carbocycles. The van der Waals surface area contributed by atoms with Crippen molar-refractivity contribution < 1.29 is 4.21 Å². The molecular weight excluding hydrogens is 244 g/mol. The Morgan fingerprint density at radius 2 is 2.00 bits per heavy atom. The highest BCUT2D eigenvalue weighted by molar-refractivity contribution is 8.22. The van der Waals surface area contributed by atoms with Crippen LogP contribution in [0, 0.1) is 0 Å². The molecule has 0 aliphatic rings. The Hall–Kier alpha value is 0.330. The summed E-state index contributed by atoms with van der Waals surface area (Å²) in [4.78, 5) is 0. The SMILES string of the molecule is C=C(C)CS/C(=C\S(=O)C(C)(C)C)SC. The van der Waals surface area contributed by atoms with E-state index in [4.69, 9.17) is 0 Å². The number of rotatable bonds is 5. The van der Waals surface area contributed by atoms with Crippen molar-refractivity contribution in [3.8, 4) is 0 Å². The van der Waals surface area contributed by atoms with Gasteiger partial charge in [-0.2, -0.15) is 0 Å². The highest BCUT2D eigenvalue weighted by atomic mass is 32.2. The molecule has 0 aromatic heterocycles. The van der Waals surface area contributed by atoms with Gasteiger partial charge in [-0.25, -0.2) is 0 Å². The molecule has 15 heavy (non-hydrogen) atoms. The standard InChI is InChI=1S/C11H20OS3/c1-9(2)7-14-10(13-6)8-15(12)11(3,4)5/h8H,1,7H2,2-6H3/b10-8-. The minimum atomic E-state index is -0.915. The maximum Gasteiger partial charge on any atom is 0.0526 e. The average molecular weight is 264 g/mol. The Morgan fingerprint density at radius 1 is 1.47 bits per heavy atom. The third-order valence-corrected chi connectivity index (χ3v) is 5.84. The van der Waals surface area contributed by atoms with E-state index in [9.17, 15) is 4.21 Å². The molecule has 4 heteroatoms. The summed E-state index contributed by atoms with van der Waals surface area (Å²) in [7, 11) is -0.915. The fourth-order valence-electron chi connectivity index (χ4n) is 0.600. The van der Waals surface area contributed by atoms with Crippen LogP contribution >= 0.6 is 23.5 Å². The van der Waals surface area contributed by atoms with Crippen molar-refractivity contribution in [2.24, 2.45) is 0 Å². The zero-order valence-corrected chi connectivity index (χ0v) is 12.6. The molecule has 0 aliphatic carbocycles. The van der Waals surface area contributed by atoms with Crippen molar-refractivity contribution in [2.75, 3.05) is 12.0 Å². The van der Waals surface area contributed by atoms with E-state index in [1.165, 1.54) is 0 Å². The number of hydrogen-bond donors (Lipinski definition) is 0. The van der Waals surface area contributed by atoms with Gasteiger partial charge in [0.25, 0.3) is 0 Å². The van der Waals surface area contributed by atoms with Crippen molar-refractivity contribution in [2.45, 2.75) is 32.4 Å². The summed E-state index contributed by atoms with van der Waals surface area (Å²) >= 11 is 3.35. The lowest BCUT2D eigenvalue weighted by molar-refractivity contribution is 0.656. The fourth-order valence-corrected chi connectivity index (χ4v) is 3.35. The first-order chi connectivity index (χ1) is 6.77. The number of thioether (sulfide) groups is 2. The summed E-state index contributed by atoms with van der Waals surface area (Å²) < 4.78 is 12.8. The Kier molecular flexibility index (Phi) is 6.96. The van der Waals surface area contributed by atoms with Crippen molar-refractivity contribution in [3.05, 3.63) is 21.8 Å². The van der Waals surface area contributed by atoms with Crippen LogP contribution in [-0.4, -0.2) is 21.0 Å². The van der Waals surface area contributed by atoms with E-state index in [0.717, 1.165) is 15.6 Å². The van der Waals surface area contributed by atoms with E-state index in [1.807, 2.05) is 39.4 Å². The molecule has 1 nitrogen and oxygen atoms in total. The Balaban J connectivity index is 4.46. The van der Waals surface area contributed by atoms with Gasteiger partial charge in [0, 0.05) is 20.1 Å². The third-order valence-electron chi connectivity index (χ3n) is 1.47. The first kappa shape index (κ1) is 15.3. The van der Waals surface area contributed by atoms with Crippen LogP contribution in [0.4, 0.5) is 0 Å². The molecule has 0 rings (SSSR count). The lowest BCUT2D eigenvalue weighted by Crippen LogP contribution is -2.19. The van der Waals surface area contributed by atoms with E-state index in [2.05, 4.69) is 6.58 Å². The van der Waals surface area contributed by atoms with Gasteiger partial charge >= 0.3 is 0 Å². The molecule has 0 N–H and O–H groups in total. The van der Waals surface area contributed by atoms with Crippen molar-refractivity contribution in [1.29, 1.82) is 0 Å². The normalized spacial score (nSPS) is 15.1. The molecule has 0 radical (unpaired) electrons. The van der Waals surface area contributed by atoms with Gasteiger partial charge in [-0.15, -0.1) is 23.5 Å². The second kappa shape index (κ2) is 6.81. The van der Waals surface area contributed by atoms with Crippen LogP contribution in [0.15, 0.2) is 21.8 Å². The predicted molar refractivity (Wildman–Crippen MR) is 76.8 cm³/mol. The first-order valence-corrected chi connectivity index (χ1v) is 8.13. The van der Waals surface area contributed by atoms with E-state index < -0.39 is 10.8 Å². The molecule has 1 atom stereocenters. The second-order valence-electron chi connectivity index (χ2n) is 4.30. The molecule has 1 unspecified atom stereocenters. The van der Waals surface area contributed by atoms with Crippen molar-refractivity contribution in [3.63, 3.8) is 0 Å². The third kappa shape index (κ3) is 7.25. The van der Waals surface area contributed by atoms with Gasteiger partial charge in [0.05, 0.1) is 10.8 Å². The lowest BCUT2D eigenvalue weighted by Gasteiger charge is -2.15. The fraction of sp³-hybridized carbons (Fsp3) is 0.636. The Morgan fingerprint density at radius 3 is 2.33 bits per heavy atom. The summed E-state index contributed by atoms with van der Waals surface area (Å²) in [5, 5.41) is 1.86. The molecule has 0 saturated carbocycles. The summed E-state index contributed by atoms with van der Waals surface area (Å²) in [6.07, 6.45) is 2.01. The first-order valence-electron chi connectivity index (χ1n) is 4.71. The minimum Gasteiger partial charge on any atom is -0.254 e.